The number of nitrogens with zero attached hydrogens (tertiary/aromatic N) is 1. The Morgan fingerprint density at radius 1 is 0.971 bits per heavy atom. The molecule has 3 aromatic carbocycles. The smallest absolute Gasteiger partial charge is 0.258 e. The number of ether oxygens (including phenoxy) is 2. The Balaban J connectivity index is 1.50. The number of hydrogen-bond acceptors (Lipinski definition) is 5. The topological polar surface area (TPSA) is 50.8 Å². The van der Waals surface area contributed by atoms with E-state index in [2.05, 4.69) is 17.4 Å². The first kappa shape index (κ1) is 23.0. The predicted molar refractivity (Wildman–Crippen MR) is 140 cm³/mol. The van der Waals surface area contributed by atoms with Gasteiger partial charge < -0.3 is 19.7 Å². The second kappa shape index (κ2) is 9.84. The van der Waals surface area contributed by atoms with Gasteiger partial charge in [0.05, 0.1) is 19.2 Å². The van der Waals surface area contributed by atoms with Gasteiger partial charge in [0.15, 0.2) is 0 Å². The van der Waals surface area contributed by atoms with Gasteiger partial charge in [-0.3, -0.25) is 4.79 Å². The molecule has 1 aromatic heterocycles. The second-order valence-electron chi connectivity index (χ2n) is 8.69. The lowest BCUT2D eigenvalue weighted by Gasteiger charge is -2.38. The predicted octanol–water partition coefficient (Wildman–Crippen LogP) is 6.72. The summed E-state index contributed by atoms with van der Waals surface area (Å²) in [6, 6.07) is 23.9. The van der Waals surface area contributed by atoms with Crippen LogP contribution >= 0.6 is 11.3 Å². The highest BCUT2D eigenvalue weighted by atomic mass is 32.1. The molecule has 1 atom stereocenters. The number of carbonyl (C=O) groups excluding carboxylic acids is 1. The number of aryl methyl sites for hydroxylation is 2. The number of amides is 1. The largest absolute Gasteiger partial charge is 0.496 e. The number of anilines is 1. The van der Waals surface area contributed by atoms with Crippen LogP contribution in [0.4, 0.5) is 5.69 Å². The van der Waals surface area contributed by atoms with Gasteiger partial charge in [-0.2, -0.15) is 0 Å². The minimum Gasteiger partial charge on any atom is -0.496 e. The molecule has 178 valence electrons. The number of fused-ring (bicyclic) bond motifs is 1. The molecule has 1 unspecified atom stereocenters. The van der Waals surface area contributed by atoms with Crippen LogP contribution < -0.4 is 14.8 Å². The quantitative estimate of drug-likeness (QED) is 0.316. The third-order valence-electron chi connectivity index (χ3n) is 6.33. The van der Waals surface area contributed by atoms with Gasteiger partial charge in [-0.15, -0.1) is 11.3 Å². The van der Waals surface area contributed by atoms with Crippen LogP contribution in [0.1, 0.15) is 43.7 Å². The molecule has 4 aromatic rings. The summed E-state index contributed by atoms with van der Waals surface area (Å²) in [7, 11) is 1.67. The maximum atomic E-state index is 13.6. The number of methoxy groups -OCH3 is 1. The Labute approximate surface area is 209 Å². The van der Waals surface area contributed by atoms with E-state index in [9.17, 15) is 4.79 Å². The summed E-state index contributed by atoms with van der Waals surface area (Å²) in [5.41, 5.74) is 5.63. The lowest BCUT2D eigenvalue weighted by Crippen LogP contribution is -2.42. The molecule has 2 heterocycles. The molecule has 1 amide bonds. The van der Waals surface area contributed by atoms with Crippen molar-refractivity contribution in [3.05, 3.63) is 111 Å². The van der Waals surface area contributed by atoms with Crippen molar-refractivity contribution in [3.63, 3.8) is 0 Å². The second-order valence-corrected chi connectivity index (χ2v) is 9.72. The van der Waals surface area contributed by atoms with Gasteiger partial charge in [0.25, 0.3) is 5.91 Å². The first-order chi connectivity index (χ1) is 17.0. The SMILES string of the molecule is COc1ccc(C2Nc3ccccc3C(=O)N2Cc2cccs2)cc1COc1c(C)cccc1C. The van der Waals surface area contributed by atoms with Gasteiger partial charge in [-0.25, -0.2) is 0 Å². The van der Waals surface area contributed by atoms with E-state index in [0.29, 0.717) is 18.7 Å². The van der Waals surface area contributed by atoms with Crippen LogP contribution in [0.25, 0.3) is 0 Å². The molecule has 5 nitrogen and oxygen atoms in total. The van der Waals surface area contributed by atoms with Crippen LogP contribution in [0.15, 0.2) is 78.2 Å². The van der Waals surface area contributed by atoms with Crippen molar-refractivity contribution in [2.24, 2.45) is 0 Å². The third-order valence-corrected chi connectivity index (χ3v) is 7.19. The highest BCUT2D eigenvalue weighted by molar-refractivity contribution is 7.09. The van der Waals surface area contributed by atoms with Crippen molar-refractivity contribution >= 4 is 22.9 Å². The van der Waals surface area contributed by atoms with Crippen LogP contribution in [0.2, 0.25) is 0 Å². The van der Waals surface area contributed by atoms with E-state index >= 15 is 0 Å². The number of thiophene rings is 1. The molecule has 0 bridgehead atoms. The van der Waals surface area contributed by atoms with Gasteiger partial charge in [-0.05, 0) is 66.2 Å². The Morgan fingerprint density at radius 3 is 2.51 bits per heavy atom. The summed E-state index contributed by atoms with van der Waals surface area (Å²) in [6.45, 7) is 4.99. The van der Waals surface area contributed by atoms with Gasteiger partial charge in [-0.1, -0.05) is 42.5 Å². The minimum absolute atomic E-state index is 0.0157. The maximum absolute atomic E-state index is 13.6. The molecule has 0 radical (unpaired) electrons. The fourth-order valence-electron chi connectivity index (χ4n) is 4.55. The van der Waals surface area contributed by atoms with E-state index in [1.54, 1.807) is 18.4 Å². The molecular weight excluding hydrogens is 456 g/mol. The zero-order valence-electron chi connectivity index (χ0n) is 20.1. The first-order valence-corrected chi connectivity index (χ1v) is 12.5. The monoisotopic (exact) mass is 484 g/mol. The molecule has 35 heavy (non-hydrogen) atoms. The van der Waals surface area contributed by atoms with Crippen molar-refractivity contribution in [1.29, 1.82) is 0 Å². The number of rotatable bonds is 7. The number of nitrogens with one attached hydrogen (secondary N) is 1. The number of carbonyl (C=O) groups is 1. The molecule has 1 aliphatic rings. The Bertz CT molecular complexity index is 1330. The van der Waals surface area contributed by atoms with Crippen molar-refractivity contribution in [1.82, 2.24) is 4.90 Å². The molecule has 0 aliphatic carbocycles. The zero-order chi connectivity index (χ0) is 24.4. The van der Waals surface area contributed by atoms with E-state index in [-0.39, 0.29) is 12.1 Å². The zero-order valence-corrected chi connectivity index (χ0v) is 20.9. The molecule has 0 saturated heterocycles. The maximum Gasteiger partial charge on any atom is 0.258 e. The highest BCUT2D eigenvalue weighted by Gasteiger charge is 2.33. The molecule has 0 fully saturated rings. The summed E-state index contributed by atoms with van der Waals surface area (Å²) in [5, 5.41) is 5.63. The molecule has 5 rings (SSSR count). The fraction of sp³-hybridized carbons (Fsp3) is 0.207. The van der Waals surface area contributed by atoms with E-state index in [1.807, 2.05) is 84.8 Å². The average Bonchev–Trinajstić information content (AvgIpc) is 3.38. The minimum atomic E-state index is -0.315. The molecular formula is C29H28N2O3S. The summed E-state index contributed by atoms with van der Waals surface area (Å²) in [4.78, 5) is 16.6. The average molecular weight is 485 g/mol. The Morgan fingerprint density at radius 2 is 1.77 bits per heavy atom. The lowest BCUT2D eigenvalue weighted by molar-refractivity contribution is 0.0668. The number of benzene rings is 3. The van der Waals surface area contributed by atoms with E-state index in [1.165, 1.54) is 0 Å². The third kappa shape index (κ3) is 4.62. The van der Waals surface area contributed by atoms with Crippen LogP contribution in [0, 0.1) is 13.8 Å². The molecule has 0 saturated carbocycles. The molecule has 0 spiro atoms. The normalized spacial score (nSPS) is 14.9. The van der Waals surface area contributed by atoms with Crippen LogP contribution in [-0.4, -0.2) is 17.9 Å². The van der Waals surface area contributed by atoms with Crippen molar-refractivity contribution in [2.45, 2.75) is 33.2 Å². The van der Waals surface area contributed by atoms with Crippen molar-refractivity contribution < 1.29 is 14.3 Å². The van der Waals surface area contributed by atoms with E-state index in [0.717, 1.165) is 44.3 Å². The van der Waals surface area contributed by atoms with Crippen LogP contribution in [-0.2, 0) is 13.2 Å². The van der Waals surface area contributed by atoms with Crippen molar-refractivity contribution in [2.75, 3.05) is 12.4 Å². The lowest BCUT2D eigenvalue weighted by atomic mass is 10.0. The molecule has 1 N–H and O–H groups in total. The van der Waals surface area contributed by atoms with Gasteiger partial charge in [0.2, 0.25) is 0 Å². The van der Waals surface area contributed by atoms with Gasteiger partial charge in [0, 0.05) is 16.1 Å². The Kier molecular flexibility index (Phi) is 6.47. The van der Waals surface area contributed by atoms with Gasteiger partial charge in [0.1, 0.15) is 24.3 Å². The number of hydrogen-bond donors (Lipinski definition) is 1. The van der Waals surface area contributed by atoms with Crippen LogP contribution in [0.5, 0.6) is 11.5 Å². The number of para-hydroxylation sites is 2. The Hall–Kier alpha value is -3.77. The summed E-state index contributed by atoms with van der Waals surface area (Å²) in [5.74, 6) is 1.66. The van der Waals surface area contributed by atoms with E-state index in [4.69, 9.17) is 9.47 Å². The molecule has 1 aliphatic heterocycles. The molecule has 6 heteroatoms. The first-order valence-electron chi connectivity index (χ1n) is 11.6. The highest BCUT2D eigenvalue weighted by Crippen LogP contribution is 2.36. The fourth-order valence-corrected chi connectivity index (χ4v) is 5.25. The van der Waals surface area contributed by atoms with E-state index < -0.39 is 0 Å². The van der Waals surface area contributed by atoms with Crippen LogP contribution in [0.3, 0.4) is 0 Å². The standard InChI is InChI=1S/C29H28N2O3S/c1-19-8-6-9-20(2)27(19)34-18-22-16-21(13-14-26(22)33-3)28-30-25-12-5-4-11-24(25)29(32)31(28)17-23-10-7-15-35-23/h4-16,28,30H,17-18H2,1-3H3. The van der Waals surface area contributed by atoms with Gasteiger partial charge >= 0.3 is 0 Å². The van der Waals surface area contributed by atoms with Crippen molar-refractivity contribution in [3.8, 4) is 11.5 Å². The summed E-state index contributed by atoms with van der Waals surface area (Å²) >= 11 is 1.65. The summed E-state index contributed by atoms with van der Waals surface area (Å²) in [6.07, 6.45) is -0.315. The summed E-state index contributed by atoms with van der Waals surface area (Å²) < 4.78 is 11.9.